The summed E-state index contributed by atoms with van der Waals surface area (Å²) in [7, 11) is 1.56. The number of rotatable bonds is 6. The van der Waals surface area contributed by atoms with Gasteiger partial charge in [0.05, 0.1) is 25.6 Å². The molecule has 0 aliphatic carbocycles. The van der Waals surface area contributed by atoms with Crippen molar-refractivity contribution in [1.29, 1.82) is 0 Å². The first-order chi connectivity index (χ1) is 11.8. The zero-order chi connectivity index (χ0) is 16.8. The Morgan fingerprint density at radius 2 is 2.08 bits per heavy atom. The van der Waals surface area contributed by atoms with E-state index in [1.165, 1.54) is 0 Å². The summed E-state index contributed by atoms with van der Waals surface area (Å²) < 4.78 is 10.5. The van der Waals surface area contributed by atoms with Crippen LogP contribution in [0.1, 0.15) is 16.2 Å². The number of pyridine rings is 1. The molecule has 0 unspecified atom stereocenters. The molecule has 0 atom stereocenters. The Bertz CT molecular complexity index is 816. The second-order valence-electron chi connectivity index (χ2n) is 5.02. The van der Waals surface area contributed by atoms with Gasteiger partial charge in [-0.25, -0.2) is 0 Å². The van der Waals surface area contributed by atoms with E-state index in [1.54, 1.807) is 43.8 Å². The Hall–Kier alpha value is -3.28. The molecule has 0 saturated heterocycles. The van der Waals surface area contributed by atoms with Crippen molar-refractivity contribution in [2.75, 3.05) is 17.7 Å². The van der Waals surface area contributed by atoms with E-state index in [-0.39, 0.29) is 5.91 Å². The number of para-hydroxylation sites is 2. The average molecular weight is 323 g/mol. The largest absolute Gasteiger partial charge is 0.495 e. The molecular weight excluding hydrogens is 306 g/mol. The Morgan fingerprint density at radius 1 is 1.21 bits per heavy atom. The summed E-state index contributed by atoms with van der Waals surface area (Å²) in [6.07, 6.45) is 3.21. The van der Waals surface area contributed by atoms with Gasteiger partial charge in [0.15, 0.2) is 0 Å². The molecule has 0 spiro atoms. The molecule has 0 fully saturated rings. The quantitative estimate of drug-likeness (QED) is 0.725. The van der Waals surface area contributed by atoms with Crippen LogP contribution in [0.15, 0.2) is 65.4 Å². The van der Waals surface area contributed by atoms with E-state index in [0.717, 1.165) is 11.4 Å². The molecule has 0 saturated carbocycles. The third-order valence-electron chi connectivity index (χ3n) is 3.39. The molecule has 2 aromatic heterocycles. The highest BCUT2D eigenvalue weighted by atomic mass is 16.5. The lowest BCUT2D eigenvalue weighted by molar-refractivity contribution is 0.102. The Kier molecular flexibility index (Phi) is 4.76. The summed E-state index contributed by atoms with van der Waals surface area (Å²) >= 11 is 0. The number of hydrogen-bond donors (Lipinski definition) is 2. The van der Waals surface area contributed by atoms with E-state index < -0.39 is 0 Å². The zero-order valence-electron chi connectivity index (χ0n) is 13.2. The van der Waals surface area contributed by atoms with E-state index >= 15 is 0 Å². The number of ether oxygens (including phenoxy) is 1. The number of carbonyl (C=O) groups is 1. The summed E-state index contributed by atoms with van der Waals surface area (Å²) in [5.41, 5.74) is 1.69. The highest BCUT2D eigenvalue weighted by Gasteiger charge is 2.11. The molecular formula is C18H17N3O3. The van der Waals surface area contributed by atoms with Crippen LogP contribution in [-0.4, -0.2) is 18.0 Å². The average Bonchev–Trinajstić information content (AvgIpc) is 3.14. The van der Waals surface area contributed by atoms with Crippen LogP contribution in [0.4, 0.5) is 11.4 Å². The van der Waals surface area contributed by atoms with Gasteiger partial charge in [0.2, 0.25) is 0 Å². The maximum absolute atomic E-state index is 12.4. The molecule has 3 rings (SSSR count). The number of hydrogen-bond acceptors (Lipinski definition) is 5. The van der Waals surface area contributed by atoms with Crippen LogP contribution in [0.25, 0.3) is 0 Å². The number of furan rings is 1. The van der Waals surface area contributed by atoms with Gasteiger partial charge in [-0.3, -0.25) is 9.78 Å². The maximum Gasteiger partial charge on any atom is 0.274 e. The predicted molar refractivity (Wildman–Crippen MR) is 91.2 cm³/mol. The molecule has 1 amide bonds. The SMILES string of the molecule is COc1ccccc1NC(=O)c1cc(NCc2ccco2)ccn1. The van der Waals surface area contributed by atoms with Crippen molar-refractivity contribution in [3.05, 3.63) is 72.4 Å². The van der Waals surface area contributed by atoms with Gasteiger partial charge in [0.1, 0.15) is 17.2 Å². The molecule has 2 N–H and O–H groups in total. The lowest BCUT2D eigenvalue weighted by Crippen LogP contribution is -2.14. The molecule has 6 heteroatoms. The van der Waals surface area contributed by atoms with Crippen LogP contribution in [0.3, 0.4) is 0 Å². The van der Waals surface area contributed by atoms with Crippen molar-refractivity contribution >= 4 is 17.3 Å². The molecule has 0 aliphatic heterocycles. The Morgan fingerprint density at radius 3 is 2.88 bits per heavy atom. The molecule has 122 valence electrons. The number of carbonyl (C=O) groups excluding carboxylic acids is 1. The van der Waals surface area contributed by atoms with E-state index in [2.05, 4.69) is 15.6 Å². The van der Waals surface area contributed by atoms with Gasteiger partial charge in [-0.2, -0.15) is 0 Å². The van der Waals surface area contributed by atoms with Crippen LogP contribution in [-0.2, 0) is 6.54 Å². The van der Waals surface area contributed by atoms with Crippen molar-refractivity contribution in [1.82, 2.24) is 4.98 Å². The summed E-state index contributed by atoms with van der Waals surface area (Å²) in [5.74, 6) is 1.10. The van der Waals surface area contributed by atoms with Gasteiger partial charge < -0.3 is 19.8 Å². The van der Waals surface area contributed by atoms with Gasteiger partial charge in [0.25, 0.3) is 5.91 Å². The fourth-order valence-electron chi connectivity index (χ4n) is 2.20. The van der Waals surface area contributed by atoms with E-state index in [0.29, 0.717) is 23.7 Å². The molecule has 0 aliphatic rings. The van der Waals surface area contributed by atoms with Gasteiger partial charge in [-0.05, 0) is 36.4 Å². The summed E-state index contributed by atoms with van der Waals surface area (Å²) in [6, 6.07) is 14.4. The second-order valence-corrected chi connectivity index (χ2v) is 5.02. The minimum Gasteiger partial charge on any atom is -0.495 e. The first-order valence-electron chi connectivity index (χ1n) is 7.43. The molecule has 0 radical (unpaired) electrons. The van der Waals surface area contributed by atoms with Crippen LogP contribution >= 0.6 is 0 Å². The molecule has 6 nitrogen and oxygen atoms in total. The zero-order valence-corrected chi connectivity index (χ0v) is 13.2. The number of aromatic nitrogens is 1. The molecule has 2 heterocycles. The standard InChI is InChI=1S/C18H17N3O3/c1-23-17-7-3-2-6-15(17)21-18(22)16-11-13(8-9-19-16)20-12-14-5-4-10-24-14/h2-11H,12H2,1H3,(H,19,20)(H,21,22). The number of anilines is 2. The van der Waals surface area contributed by atoms with Gasteiger partial charge in [0, 0.05) is 11.9 Å². The summed E-state index contributed by atoms with van der Waals surface area (Å²) in [6.45, 7) is 0.532. The monoisotopic (exact) mass is 323 g/mol. The molecule has 3 aromatic rings. The third kappa shape index (κ3) is 3.73. The van der Waals surface area contributed by atoms with Gasteiger partial charge >= 0.3 is 0 Å². The molecule has 24 heavy (non-hydrogen) atoms. The number of nitrogens with zero attached hydrogens (tertiary/aromatic N) is 1. The number of amides is 1. The normalized spacial score (nSPS) is 10.2. The van der Waals surface area contributed by atoms with Gasteiger partial charge in [-0.15, -0.1) is 0 Å². The highest BCUT2D eigenvalue weighted by molar-refractivity contribution is 6.04. The summed E-state index contributed by atoms with van der Waals surface area (Å²) in [4.78, 5) is 16.5. The Labute approximate surface area is 139 Å². The van der Waals surface area contributed by atoms with Crippen molar-refractivity contribution in [2.24, 2.45) is 0 Å². The van der Waals surface area contributed by atoms with Gasteiger partial charge in [-0.1, -0.05) is 12.1 Å². The van der Waals surface area contributed by atoms with Crippen molar-refractivity contribution in [3.63, 3.8) is 0 Å². The first kappa shape index (κ1) is 15.6. The molecule has 0 bridgehead atoms. The highest BCUT2D eigenvalue weighted by Crippen LogP contribution is 2.23. The van der Waals surface area contributed by atoms with Crippen LogP contribution in [0.5, 0.6) is 5.75 Å². The van der Waals surface area contributed by atoms with Crippen LogP contribution in [0.2, 0.25) is 0 Å². The third-order valence-corrected chi connectivity index (χ3v) is 3.39. The van der Waals surface area contributed by atoms with E-state index in [1.807, 2.05) is 24.3 Å². The summed E-state index contributed by atoms with van der Waals surface area (Å²) in [5, 5.41) is 5.99. The van der Waals surface area contributed by atoms with Crippen LogP contribution < -0.4 is 15.4 Å². The minimum atomic E-state index is -0.304. The smallest absolute Gasteiger partial charge is 0.274 e. The topological polar surface area (TPSA) is 76.4 Å². The fraction of sp³-hybridized carbons (Fsp3) is 0.111. The second kappa shape index (κ2) is 7.32. The lowest BCUT2D eigenvalue weighted by Gasteiger charge is -2.10. The van der Waals surface area contributed by atoms with Crippen molar-refractivity contribution in [3.8, 4) is 5.75 Å². The molecule has 1 aromatic carbocycles. The predicted octanol–water partition coefficient (Wildman–Crippen LogP) is 3.55. The van der Waals surface area contributed by atoms with Crippen molar-refractivity contribution in [2.45, 2.75) is 6.54 Å². The first-order valence-corrected chi connectivity index (χ1v) is 7.43. The maximum atomic E-state index is 12.4. The number of nitrogens with one attached hydrogen (secondary N) is 2. The number of methoxy groups -OCH3 is 1. The van der Waals surface area contributed by atoms with E-state index in [4.69, 9.17) is 9.15 Å². The van der Waals surface area contributed by atoms with E-state index in [9.17, 15) is 4.79 Å². The Balaban J connectivity index is 1.69. The minimum absolute atomic E-state index is 0.304. The van der Waals surface area contributed by atoms with Crippen molar-refractivity contribution < 1.29 is 13.9 Å². The van der Waals surface area contributed by atoms with Crippen LogP contribution in [0, 0.1) is 0 Å². The fourth-order valence-corrected chi connectivity index (χ4v) is 2.20. The lowest BCUT2D eigenvalue weighted by atomic mass is 10.2. The number of benzene rings is 1.